The zero-order valence-corrected chi connectivity index (χ0v) is 16.2. The molecule has 1 aliphatic carbocycles. The topological polar surface area (TPSA) is 56.2 Å². The maximum Gasteiger partial charge on any atom is 0.256 e. The number of carbonyl (C=O) groups excluding carboxylic acids is 1. The van der Waals surface area contributed by atoms with E-state index in [1.165, 1.54) is 18.4 Å². The van der Waals surface area contributed by atoms with Gasteiger partial charge in [-0.25, -0.2) is 4.68 Å². The fourth-order valence-electron chi connectivity index (χ4n) is 2.78. The van der Waals surface area contributed by atoms with Crippen molar-refractivity contribution in [1.29, 1.82) is 0 Å². The number of hydrogen-bond acceptors (Lipinski definition) is 3. The summed E-state index contributed by atoms with van der Waals surface area (Å²) in [5.74, 6) is 0.593. The highest BCUT2D eigenvalue weighted by atomic mass is 35.5. The van der Waals surface area contributed by atoms with Crippen LogP contribution in [-0.2, 0) is 11.3 Å². The Morgan fingerprint density at radius 2 is 2.04 bits per heavy atom. The Labute approximate surface area is 159 Å². The number of benzene rings is 1. The van der Waals surface area contributed by atoms with Gasteiger partial charge in [-0.15, -0.1) is 0 Å². The first-order valence-electron chi connectivity index (χ1n) is 9.19. The van der Waals surface area contributed by atoms with E-state index < -0.39 is 0 Å². The number of aryl methyl sites for hydroxylation is 2. The fourth-order valence-corrected chi connectivity index (χ4v) is 3.10. The van der Waals surface area contributed by atoms with Gasteiger partial charge in [0.2, 0.25) is 0 Å². The summed E-state index contributed by atoms with van der Waals surface area (Å²) in [4.78, 5) is 12.5. The van der Waals surface area contributed by atoms with Crippen LogP contribution < -0.4 is 5.32 Å². The van der Waals surface area contributed by atoms with E-state index in [2.05, 4.69) is 22.5 Å². The molecule has 0 atom stereocenters. The van der Waals surface area contributed by atoms with E-state index in [1.54, 1.807) is 4.68 Å². The molecule has 26 heavy (non-hydrogen) atoms. The van der Waals surface area contributed by atoms with Crippen molar-refractivity contribution in [3.8, 4) is 0 Å². The summed E-state index contributed by atoms with van der Waals surface area (Å²) in [6.07, 6.45) is 3.38. The summed E-state index contributed by atoms with van der Waals surface area (Å²) in [7, 11) is 0. The van der Waals surface area contributed by atoms with Gasteiger partial charge >= 0.3 is 0 Å². The lowest BCUT2D eigenvalue weighted by atomic mass is 10.1. The zero-order chi connectivity index (χ0) is 18.5. The molecule has 1 aromatic heterocycles. The lowest BCUT2D eigenvalue weighted by molar-refractivity contribution is 0.0937. The van der Waals surface area contributed by atoms with Gasteiger partial charge in [-0.2, -0.15) is 5.10 Å². The zero-order valence-electron chi connectivity index (χ0n) is 15.4. The number of ether oxygens (including phenoxy) is 1. The minimum atomic E-state index is -0.176. The Hall–Kier alpha value is -1.85. The van der Waals surface area contributed by atoms with Crippen molar-refractivity contribution < 1.29 is 9.53 Å². The Balaban J connectivity index is 1.52. The Morgan fingerprint density at radius 1 is 1.31 bits per heavy atom. The summed E-state index contributed by atoms with van der Waals surface area (Å²) in [5, 5.41) is 7.72. The number of rotatable bonds is 9. The Kier molecular flexibility index (Phi) is 6.33. The molecule has 0 spiro atoms. The second-order valence-corrected chi connectivity index (χ2v) is 7.38. The van der Waals surface area contributed by atoms with Crippen molar-refractivity contribution in [3.05, 3.63) is 51.8 Å². The van der Waals surface area contributed by atoms with Crippen molar-refractivity contribution in [1.82, 2.24) is 15.1 Å². The van der Waals surface area contributed by atoms with E-state index in [0.29, 0.717) is 36.1 Å². The number of aromatic nitrogens is 2. The van der Waals surface area contributed by atoms with Crippen molar-refractivity contribution in [2.75, 3.05) is 19.8 Å². The predicted molar refractivity (Wildman–Crippen MR) is 103 cm³/mol. The minimum absolute atomic E-state index is 0.176. The molecule has 0 aliphatic heterocycles. The molecule has 0 saturated heterocycles. The highest BCUT2D eigenvalue weighted by Crippen LogP contribution is 2.28. The lowest BCUT2D eigenvalue weighted by Crippen LogP contribution is -2.26. The van der Waals surface area contributed by atoms with Gasteiger partial charge in [0.1, 0.15) is 5.15 Å². The van der Waals surface area contributed by atoms with E-state index in [4.69, 9.17) is 16.3 Å². The van der Waals surface area contributed by atoms with E-state index >= 15 is 0 Å². The van der Waals surface area contributed by atoms with Crippen LogP contribution in [0.1, 0.15) is 46.4 Å². The van der Waals surface area contributed by atoms with E-state index in [1.807, 2.05) is 26.0 Å². The first-order valence-corrected chi connectivity index (χ1v) is 9.57. The van der Waals surface area contributed by atoms with Gasteiger partial charge in [-0.1, -0.05) is 41.4 Å². The molecule has 0 bridgehead atoms. The molecule has 1 fully saturated rings. The molecule has 1 aromatic carbocycles. The van der Waals surface area contributed by atoms with Crippen LogP contribution in [0.2, 0.25) is 5.15 Å². The standard InChI is InChI=1S/C20H26ClN3O2/c1-14-4-6-16(7-5-14)12-24-19(21)18(15(2)23-24)20(25)22-10-3-11-26-13-17-8-9-17/h4-7,17H,3,8-13H2,1-2H3,(H,22,25). The fraction of sp³-hybridized carbons (Fsp3) is 0.500. The van der Waals surface area contributed by atoms with Gasteiger partial charge in [0, 0.05) is 19.8 Å². The van der Waals surface area contributed by atoms with Crippen LogP contribution in [0.5, 0.6) is 0 Å². The normalized spacial score (nSPS) is 13.8. The first kappa shape index (κ1) is 18.9. The van der Waals surface area contributed by atoms with Crippen LogP contribution in [-0.4, -0.2) is 35.4 Å². The molecule has 1 aliphatic rings. The molecule has 1 N–H and O–H groups in total. The summed E-state index contributed by atoms with van der Waals surface area (Å²) < 4.78 is 7.25. The van der Waals surface area contributed by atoms with Gasteiger partial charge in [-0.3, -0.25) is 4.79 Å². The van der Waals surface area contributed by atoms with Gasteiger partial charge in [0.05, 0.1) is 17.8 Å². The first-order chi connectivity index (χ1) is 12.5. The molecular formula is C20H26ClN3O2. The third-order valence-corrected chi connectivity index (χ3v) is 4.93. The molecule has 140 valence electrons. The van der Waals surface area contributed by atoms with Gasteiger partial charge in [-0.05, 0) is 44.6 Å². The maximum atomic E-state index is 12.5. The van der Waals surface area contributed by atoms with Gasteiger partial charge in [0.15, 0.2) is 0 Å². The second-order valence-electron chi connectivity index (χ2n) is 7.02. The van der Waals surface area contributed by atoms with Crippen molar-refractivity contribution in [2.24, 2.45) is 5.92 Å². The number of nitrogens with one attached hydrogen (secondary N) is 1. The summed E-state index contributed by atoms with van der Waals surface area (Å²) in [6.45, 7) is 6.50. The second kappa shape index (κ2) is 8.69. The summed E-state index contributed by atoms with van der Waals surface area (Å²) >= 11 is 6.42. The molecule has 6 heteroatoms. The van der Waals surface area contributed by atoms with E-state index in [9.17, 15) is 4.79 Å². The van der Waals surface area contributed by atoms with E-state index in [0.717, 1.165) is 24.5 Å². The van der Waals surface area contributed by atoms with Crippen molar-refractivity contribution in [3.63, 3.8) is 0 Å². The number of amides is 1. The molecule has 0 radical (unpaired) electrons. The minimum Gasteiger partial charge on any atom is -0.381 e. The third kappa shape index (κ3) is 5.08. The van der Waals surface area contributed by atoms with Crippen LogP contribution >= 0.6 is 11.6 Å². The molecule has 0 unspecified atom stereocenters. The molecule has 2 aromatic rings. The van der Waals surface area contributed by atoms with Crippen molar-refractivity contribution in [2.45, 2.75) is 39.7 Å². The van der Waals surface area contributed by atoms with Crippen LogP contribution in [0.3, 0.4) is 0 Å². The highest BCUT2D eigenvalue weighted by molar-refractivity contribution is 6.33. The van der Waals surface area contributed by atoms with Crippen LogP contribution in [0.25, 0.3) is 0 Å². The average Bonchev–Trinajstić information content (AvgIpc) is 3.39. The molecular weight excluding hydrogens is 350 g/mol. The van der Waals surface area contributed by atoms with Gasteiger partial charge < -0.3 is 10.1 Å². The SMILES string of the molecule is Cc1ccc(Cn2nc(C)c(C(=O)NCCCOCC3CC3)c2Cl)cc1. The molecule has 1 heterocycles. The quantitative estimate of drug-likeness (QED) is 0.679. The number of halogens is 1. The Bertz CT molecular complexity index is 751. The molecule has 5 nitrogen and oxygen atoms in total. The monoisotopic (exact) mass is 375 g/mol. The van der Waals surface area contributed by atoms with Crippen molar-refractivity contribution >= 4 is 17.5 Å². The smallest absolute Gasteiger partial charge is 0.256 e. The predicted octanol–water partition coefficient (Wildman–Crippen LogP) is 3.75. The number of carbonyl (C=O) groups is 1. The average molecular weight is 376 g/mol. The maximum absolute atomic E-state index is 12.5. The third-order valence-electron chi connectivity index (χ3n) is 4.55. The molecule has 1 amide bonds. The molecule has 1 saturated carbocycles. The van der Waals surface area contributed by atoms with Gasteiger partial charge in [0.25, 0.3) is 5.91 Å². The molecule has 3 rings (SSSR count). The van der Waals surface area contributed by atoms with Crippen LogP contribution in [0.15, 0.2) is 24.3 Å². The van der Waals surface area contributed by atoms with Crippen LogP contribution in [0, 0.1) is 19.8 Å². The lowest BCUT2D eigenvalue weighted by Gasteiger charge is -2.07. The number of hydrogen-bond donors (Lipinski definition) is 1. The summed E-state index contributed by atoms with van der Waals surface area (Å²) in [5.41, 5.74) is 3.40. The summed E-state index contributed by atoms with van der Waals surface area (Å²) in [6, 6.07) is 8.20. The highest BCUT2D eigenvalue weighted by Gasteiger charge is 2.21. The largest absolute Gasteiger partial charge is 0.381 e. The number of nitrogens with zero attached hydrogens (tertiary/aromatic N) is 2. The Morgan fingerprint density at radius 3 is 2.73 bits per heavy atom. The van der Waals surface area contributed by atoms with E-state index in [-0.39, 0.29) is 5.91 Å². The van der Waals surface area contributed by atoms with Crippen LogP contribution in [0.4, 0.5) is 0 Å².